The lowest BCUT2D eigenvalue weighted by molar-refractivity contribution is 0.306. The predicted octanol–water partition coefficient (Wildman–Crippen LogP) is 5.37. The maximum Gasteiger partial charge on any atom is 0.0294 e. The van der Waals surface area contributed by atoms with Crippen molar-refractivity contribution in [3.63, 3.8) is 0 Å². The van der Waals surface area contributed by atoms with Crippen LogP contribution in [0.2, 0.25) is 0 Å². The van der Waals surface area contributed by atoms with Crippen molar-refractivity contribution in [1.29, 1.82) is 0 Å². The molecule has 1 N–H and O–H groups in total. The van der Waals surface area contributed by atoms with Crippen LogP contribution in [0.4, 0.5) is 0 Å². The van der Waals surface area contributed by atoms with E-state index in [2.05, 4.69) is 73.8 Å². The fraction of sp³-hybridized carbons (Fsp3) is 0.429. The lowest BCUT2D eigenvalue weighted by atomic mass is 9.79. The van der Waals surface area contributed by atoms with Crippen LogP contribution in [0.1, 0.15) is 61.3 Å². The largest absolute Gasteiger partial charge is 0.307 e. The van der Waals surface area contributed by atoms with Gasteiger partial charge in [0.05, 0.1) is 0 Å². The minimum Gasteiger partial charge on any atom is -0.307 e. The van der Waals surface area contributed by atoms with Gasteiger partial charge >= 0.3 is 0 Å². The van der Waals surface area contributed by atoms with E-state index in [4.69, 9.17) is 0 Å². The van der Waals surface area contributed by atoms with E-state index in [1.54, 1.807) is 0 Å². The van der Waals surface area contributed by atoms with Crippen LogP contribution in [0.15, 0.2) is 54.6 Å². The molecule has 116 valence electrons. The topological polar surface area (TPSA) is 12.0 Å². The van der Waals surface area contributed by atoms with E-state index in [-0.39, 0.29) is 0 Å². The third-order valence-electron chi connectivity index (χ3n) is 5.00. The van der Waals surface area contributed by atoms with E-state index < -0.39 is 0 Å². The molecule has 22 heavy (non-hydrogen) atoms. The summed E-state index contributed by atoms with van der Waals surface area (Å²) in [5.41, 5.74) is 4.24. The average Bonchev–Trinajstić information content (AvgIpc) is 2.56. The molecule has 3 atom stereocenters. The fourth-order valence-corrected chi connectivity index (χ4v) is 3.79. The lowest BCUT2D eigenvalue weighted by Crippen LogP contribution is -2.38. The SMILES string of the molecule is Cc1cccc([C@H](C)NC2CCCCC2c2ccccc2)c1. The van der Waals surface area contributed by atoms with Crippen molar-refractivity contribution in [2.75, 3.05) is 0 Å². The van der Waals surface area contributed by atoms with Gasteiger partial charge in [0.15, 0.2) is 0 Å². The molecule has 1 saturated carbocycles. The summed E-state index contributed by atoms with van der Waals surface area (Å²) in [4.78, 5) is 0. The van der Waals surface area contributed by atoms with Gasteiger partial charge in [-0.25, -0.2) is 0 Å². The van der Waals surface area contributed by atoms with Crippen LogP contribution in [0.5, 0.6) is 0 Å². The molecule has 1 aliphatic rings. The molecular formula is C21H27N. The molecule has 0 aromatic heterocycles. The molecule has 1 nitrogen and oxygen atoms in total. The first-order valence-electron chi connectivity index (χ1n) is 8.61. The van der Waals surface area contributed by atoms with Gasteiger partial charge in [-0.3, -0.25) is 0 Å². The van der Waals surface area contributed by atoms with Gasteiger partial charge in [0.1, 0.15) is 0 Å². The predicted molar refractivity (Wildman–Crippen MR) is 94.2 cm³/mol. The number of hydrogen-bond acceptors (Lipinski definition) is 1. The molecular weight excluding hydrogens is 266 g/mol. The molecule has 0 radical (unpaired) electrons. The van der Waals surface area contributed by atoms with Gasteiger partial charge < -0.3 is 5.32 Å². The first-order chi connectivity index (χ1) is 10.7. The van der Waals surface area contributed by atoms with Crippen molar-refractivity contribution in [3.05, 3.63) is 71.3 Å². The minimum atomic E-state index is 0.411. The van der Waals surface area contributed by atoms with E-state index in [9.17, 15) is 0 Å². The number of aryl methyl sites for hydroxylation is 1. The Morgan fingerprint density at radius 2 is 1.73 bits per heavy atom. The molecule has 1 fully saturated rings. The highest BCUT2D eigenvalue weighted by molar-refractivity contribution is 5.26. The standard InChI is InChI=1S/C21H27N/c1-16-9-8-12-19(15-16)17(2)22-21-14-7-6-13-20(21)18-10-4-3-5-11-18/h3-5,8-12,15,17,20-22H,6-7,13-14H2,1-2H3/t17-,20?,21?/m0/s1. The van der Waals surface area contributed by atoms with Crippen molar-refractivity contribution in [2.45, 2.75) is 57.5 Å². The molecule has 2 unspecified atom stereocenters. The Labute approximate surface area is 134 Å². The summed E-state index contributed by atoms with van der Waals surface area (Å²) in [6.07, 6.45) is 5.30. The lowest BCUT2D eigenvalue weighted by Gasteiger charge is -2.35. The average molecular weight is 293 g/mol. The maximum absolute atomic E-state index is 3.91. The summed E-state index contributed by atoms with van der Waals surface area (Å²) in [6.45, 7) is 4.47. The van der Waals surface area contributed by atoms with E-state index in [0.29, 0.717) is 18.0 Å². The molecule has 0 saturated heterocycles. The summed E-state index contributed by atoms with van der Waals surface area (Å²) in [5.74, 6) is 0.655. The number of rotatable bonds is 4. The third-order valence-corrected chi connectivity index (χ3v) is 5.00. The van der Waals surface area contributed by atoms with Gasteiger partial charge in [-0.1, -0.05) is 73.0 Å². The molecule has 1 aliphatic carbocycles. The second-order valence-corrected chi connectivity index (χ2v) is 6.71. The van der Waals surface area contributed by atoms with Gasteiger partial charge in [0.25, 0.3) is 0 Å². The fourth-order valence-electron chi connectivity index (χ4n) is 3.79. The zero-order valence-corrected chi connectivity index (χ0v) is 13.8. The highest BCUT2D eigenvalue weighted by Gasteiger charge is 2.27. The molecule has 0 amide bonds. The van der Waals surface area contributed by atoms with Crippen molar-refractivity contribution >= 4 is 0 Å². The van der Waals surface area contributed by atoms with Gasteiger partial charge in [-0.15, -0.1) is 0 Å². The second-order valence-electron chi connectivity index (χ2n) is 6.71. The Balaban J connectivity index is 1.74. The molecule has 2 aromatic carbocycles. The molecule has 2 aromatic rings. The van der Waals surface area contributed by atoms with Crippen LogP contribution in [0.3, 0.4) is 0 Å². The third kappa shape index (κ3) is 3.59. The second kappa shape index (κ2) is 7.11. The summed E-state index contributed by atoms with van der Waals surface area (Å²) in [5, 5.41) is 3.91. The van der Waals surface area contributed by atoms with Crippen LogP contribution >= 0.6 is 0 Å². The zero-order chi connectivity index (χ0) is 15.4. The van der Waals surface area contributed by atoms with Crippen LogP contribution in [-0.2, 0) is 0 Å². The van der Waals surface area contributed by atoms with Crippen molar-refractivity contribution < 1.29 is 0 Å². The van der Waals surface area contributed by atoms with Crippen LogP contribution in [0.25, 0.3) is 0 Å². The molecule has 0 bridgehead atoms. The van der Waals surface area contributed by atoms with E-state index >= 15 is 0 Å². The smallest absolute Gasteiger partial charge is 0.0294 e. The Morgan fingerprint density at radius 3 is 2.50 bits per heavy atom. The van der Waals surface area contributed by atoms with Crippen LogP contribution in [0, 0.1) is 6.92 Å². The highest BCUT2D eigenvalue weighted by atomic mass is 15.0. The molecule has 3 rings (SSSR count). The van der Waals surface area contributed by atoms with Crippen LogP contribution < -0.4 is 5.32 Å². The van der Waals surface area contributed by atoms with Gasteiger partial charge in [-0.05, 0) is 43.7 Å². The Bertz CT molecular complexity index is 590. The number of benzene rings is 2. The zero-order valence-electron chi connectivity index (χ0n) is 13.8. The molecule has 0 spiro atoms. The highest BCUT2D eigenvalue weighted by Crippen LogP contribution is 2.34. The monoisotopic (exact) mass is 293 g/mol. The Morgan fingerprint density at radius 1 is 0.955 bits per heavy atom. The Hall–Kier alpha value is -1.60. The van der Waals surface area contributed by atoms with E-state index in [0.717, 1.165) is 0 Å². The van der Waals surface area contributed by atoms with Crippen molar-refractivity contribution in [3.8, 4) is 0 Å². The normalized spacial score (nSPS) is 23.2. The van der Waals surface area contributed by atoms with Crippen LogP contribution in [-0.4, -0.2) is 6.04 Å². The van der Waals surface area contributed by atoms with E-state index in [1.165, 1.54) is 42.4 Å². The van der Waals surface area contributed by atoms with Crippen molar-refractivity contribution in [2.24, 2.45) is 0 Å². The van der Waals surface area contributed by atoms with E-state index in [1.807, 2.05) is 0 Å². The maximum atomic E-state index is 3.91. The minimum absolute atomic E-state index is 0.411. The molecule has 1 heteroatoms. The summed E-state index contributed by atoms with van der Waals surface area (Å²) >= 11 is 0. The summed E-state index contributed by atoms with van der Waals surface area (Å²) in [6, 6.07) is 20.9. The first kappa shape index (κ1) is 15.3. The van der Waals surface area contributed by atoms with Crippen molar-refractivity contribution in [1.82, 2.24) is 5.32 Å². The van der Waals surface area contributed by atoms with Gasteiger partial charge in [-0.2, -0.15) is 0 Å². The summed E-state index contributed by atoms with van der Waals surface area (Å²) in [7, 11) is 0. The quantitative estimate of drug-likeness (QED) is 0.799. The van der Waals surface area contributed by atoms with Gasteiger partial charge in [0.2, 0.25) is 0 Å². The first-order valence-corrected chi connectivity index (χ1v) is 8.61. The number of nitrogens with one attached hydrogen (secondary N) is 1. The number of hydrogen-bond donors (Lipinski definition) is 1. The van der Waals surface area contributed by atoms with Gasteiger partial charge in [0, 0.05) is 12.1 Å². The molecule has 0 aliphatic heterocycles. The molecule has 0 heterocycles. The Kier molecular flexibility index (Phi) is 4.94. The summed E-state index contributed by atoms with van der Waals surface area (Å²) < 4.78 is 0.